The molecule has 1 atom stereocenters. The molecule has 90 valence electrons. The predicted molar refractivity (Wildman–Crippen MR) is 75.5 cm³/mol. The van der Waals surface area contributed by atoms with Gasteiger partial charge >= 0.3 is 0 Å². The van der Waals surface area contributed by atoms with Crippen molar-refractivity contribution in [1.29, 1.82) is 0 Å². The molecule has 0 saturated carbocycles. The average Bonchev–Trinajstić information content (AvgIpc) is 2.80. The number of aryl methyl sites for hydroxylation is 1. The first kappa shape index (κ1) is 13.1. The SMILES string of the molecule is CCc1ccc(C(Cl)c2ccc(Br)c(F)c2)s1. The minimum Gasteiger partial charge on any atom is -0.206 e. The Kier molecular flexibility index (Phi) is 4.23. The van der Waals surface area contributed by atoms with Crippen LogP contribution in [0, 0.1) is 5.82 Å². The molecule has 1 heterocycles. The first-order valence-corrected chi connectivity index (χ1v) is 7.34. The molecule has 0 aliphatic carbocycles. The van der Waals surface area contributed by atoms with Gasteiger partial charge in [-0.2, -0.15) is 0 Å². The number of hydrogen-bond donors (Lipinski definition) is 0. The maximum Gasteiger partial charge on any atom is 0.137 e. The van der Waals surface area contributed by atoms with E-state index in [2.05, 4.69) is 28.9 Å². The summed E-state index contributed by atoms with van der Waals surface area (Å²) in [7, 11) is 0. The van der Waals surface area contributed by atoms with Crippen molar-refractivity contribution in [2.75, 3.05) is 0 Å². The Balaban J connectivity index is 2.29. The molecule has 0 nitrogen and oxygen atoms in total. The third-order valence-electron chi connectivity index (χ3n) is 2.52. The molecular formula is C13H11BrClFS. The van der Waals surface area contributed by atoms with Crippen molar-refractivity contribution < 1.29 is 4.39 Å². The van der Waals surface area contributed by atoms with E-state index in [1.54, 1.807) is 17.4 Å². The third kappa shape index (κ3) is 2.90. The fourth-order valence-corrected chi connectivity index (χ4v) is 3.10. The van der Waals surface area contributed by atoms with E-state index in [0.29, 0.717) is 4.47 Å². The Morgan fingerprint density at radius 3 is 2.71 bits per heavy atom. The second-order valence-electron chi connectivity index (χ2n) is 3.69. The molecule has 4 heteroatoms. The van der Waals surface area contributed by atoms with Crippen molar-refractivity contribution in [2.45, 2.75) is 18.7 Å². The van der Waals surface area contributed by atoms with Gasteiger partial charge in [0, 0.05) is 9.75 Å². The van der Waals surface area contributed by atoms with Crippen LogP contribution in [0.5, 0.6) is 0 Å². The van der Waals surface area contributed by atoms with E-state index in [1.165, 1.54) is 10.9 Å². The van der Waals surface area contributed by atoms with Crippen LogP contribution in [0.4, 0.5) is 4.39 Å². The van der Waals surface area contributed by atoms with Gasteiger partial charge in [0.05, 0.1) is 9.85 Å². The number of benzene rings is 1. The topological polar surface area (TPSA) is 0 Å². The van der Waals surface area contributed by atoms with Gasteiger partial charge < -0.3 is 0 Å². The summed E-state index contributed by atoms with van der Waals surface area (Å²) < 4.78 is 13.9. The van der Waals surface area contributed by atoms with Crippen molar-refractivity contribution in [3.05, 3.63) is 55.9 Å². The number of rotatable bonds is 3. The van der Waals surface area contributed by atoms with E-state index in [1.807, 2.05) is 12.1 Å². The average molecular weight is 334 g/mol. The highest BCUT2D eigenvalue weighted by Crippen LogP contribution is 2.35. The largest absolute Gasteiger partial charge is 0.206 e. The lowest BCUT2D eigenvalue weighted by Crippen LogP contribution is -1.91. The van der Waals surface area contributed by atoms with Gasteiger partial charge in [-0.15, -0.1) is 22.9 Å². The monoisotopic (exact) mass is 332 g/mol. The van der Waals surface area contributed by atoms with E-state index in [0.717, 1.165) is 16.9 Å². The third-order valence-corrected chi connectivity index (χ3v) is 5.07. The molecule has 0 bridgehead atoms. The number of thiophene rings is 1. The van der Waals surface area contributed by atoms with Crippen LogP contribution in [0.15, 0.2) is 34.8 Å². The van der Waals surface area contributed by atoms with Crippen LogP contribution < -0.4 is 0 Å². The van der Waals surface area contributed by atoms with Crippen LogP contribution in [0.25, 0.3) is 0 Å². The Hall–Kier alpha value is -0.380. The maximum absolute atomic E-state index is 13.4. The standard InChI is InChI=1S/C13H11BrClFS/c1-2-9-4-6-12(17-9)13(15)8-3-5-10(14)11(16)7-8/h3-7,13H,2H2,1H3. The zero-order valence-electron chi connectivity index (χ0n) is 9.21. The molecule has 0 amide bonds. The molecule has 2 aromatic rings. The molecule has 0 spiro atoms. The molecule has 0 aliphatic heterocycles. The highest BCUT2D eigenvalue weighted by atomic mass is 79.9. The first-order chi connectivity index (χ1) is 8.11. The molecule has 0 saturated heterocycles. The number of hydrogen-bond acceptors (Lipinski definition) is 1. The zero-order valence-corrected chi connectivity index (χ0v) is 12.4. The maximum atomic E-state index is 13.4. The van der Waals surface area contributed by atoms with E-state index < -0.39 is 0 Å². The lowest BCUT2D eigenvalue weighted by Gasteiger charge is -2.08. The van der Waals surface area contributed by atoms with E-state index >= 15 is 0 Å². The second-order valence-corrected chi connectivity index (χ2v) is 6.18. The Morgan fingerprint density at radius 2 is 2.12 bits per heavy atom. The summed E-state index contributed by atoms with van der Waals surface area (Å²) in [6.07, 6.45) is 1.00. The number of halogens is 3. The summed E-state index contributed by atoms with van der Waals surface area (Å²) in [5.41, 5.74) is 0.789. The minimum atomic E-state index is -0.277. The van der Waals surface area contributed by atoms with Crippen LogP contribution in [0.3, 0.4) is 0 Å². The molecule has 0 radical (unpaired) electrons. The van der Waals surface area contributed by atoms with Crippen LogP contribution in [0.1, 0.15) is 27.6 Å². The second kappa shape index (κ2) is 5.51. The predicted octanol–water partition coefficient (Wildman–Crippen LogP) is 5.54. The summed E-state index contributed by atoms with van der Waals surface area (Å²) in [6, 6.07) is 9.10. The van der Waals surface area contributed by atoms with Gasteiger partial charge in [0.25, 0.3) is 0 Å². The normalized spacial score (nSPS) is 12.7. The Labute approximate surface area is 118 Å². The van der Waals surface area contributed by atoms with Crippen LogP contribution in [-0.4, -0.2) is 0 Å². The summed E-state index contributed by atoms with van der Waals surface area (Å²) in [5.74, 6) is -0.277. The van der Waals surface area contributed by atoms with Gasteiger partial charge in [0.2, 0.25) is 0 Å². The summed E-state index contributed by atoms with van der Waals surface area (Å²) in [5, 5.41) is -0.275. The lowest BCUT2D eigenvalue weighted by molar-refractivity contribution is 0.619. The molecule has 1 aromatic carbocycles. The minimum absolute atomic E-state index is 0.275. The fourth-order valence-electron chi connectivity index (χ4n) is 1.56. The van der Waals surface area contributed by atoms with Crippen molar-refractivity contribution in [1.82, 2.24) is 0 Å². The zero-order chi connectivity index (χ0) is 12.4. The quantitative estimate of drug-likeness (QED) is 0.647. The number of alkyl halides is 1. The van der Waals surface area contributed by atoms with Crippen molar-refractivity contribution in [2.24, 2.45) is 0 Å². The smallest absolute Gasteiger partial charge is 0.137 e. The van der Waals surface area contributed by atoms with Gasteiger partial charge in [0.1, 0.15) is 5.82 Å². The highest BCUT2D eigenvalue weighted by molar-refractivity contribution is 9.10. The molecule has 0 fully saturated rings. The van der Waals surface area contributed by atoms with Crippen molar-refractivity contribution >= 4 is 38.9 Å². The van der Waals surface area contributed by atoms with E-state index in [9.17, 15) is 4.39 Å². The van der Waals surface area contributed by atoms with Gasteiger partial charge in [0.15, 0.2) is 0 Å². The lowest BCUT2D eigenvalue weighted by atomic mass is 10.1. The van der Waals surface area contributed by atoms with Crippen molar-refractivity contribution in [3.63, 3.8) is 0 Å². The molecule has 0 N–H and O–H groups in total. The molecule has 17 heavy (non-hydrogen) atoms. The Morgan fingerprint density at radius 1 is 1.35 bits per heavy atom. The van der Waals surface area contributed by atoms with Gasteiger partial charge in [-0.05, 0) is 52.2 Å². The van der Waals surface area contributed by atoms with E-state index in [-0.39, 0.29) is 11.2 Å². The molecule has 2 rings (SSSR count). The highest BCUT2D eigenvalue weighted by Gasteiger charge is 2.14. The first-order valence-electron chi connectivity index (χ1n) is 5.29. The van der Waals surface area contributed by atoms with E-state index in [4.69, 9.17) is 11.6 Å². The van der Waals surface area contributed by atoms with Gasteiger partial charge in [-0.1, -0.05) is 13.0 Å². The van der Waals surface area contributed by atoms with Gasteiger partial charge in [-0.25, -0.2) is 4.39 Å². The van der Waals surface area contributed by atoms with Gasteiger partial charge in [-0.3, -0.25) is 0 Å². The van der Waals surface area contributed by atoms with Crippen LogP contribution in [0.2, 0.25) is 0 Å². The molecule has 1 aromatic heterocycles. The summed E-state index contributed by atoms with van der Waals surface area (Å²) >= 11 is 11.2. The molecule has 0 aliphatic rings. The summed E-state index contributed by atoms with van der Waals surface area (Å²) in [6.45, 7) is 2.11. The fraction of sp³-hybridized carbons (Fsp3) is 0.231. The molecule has 1 unspecified atom stereocenters. The van der Waals surface area contributed by atoms with Crippen molar-refractivity contribution in [3.8, 4) is 0 Å². The van der Waals surface area contributed by atoms with Crippen LogP contribution >= 0.6 is 38.9 Å². The Bertz CT molecular complexity index is 524. The molecular weight excluding hydrogens is 323 g/mol. The van der Waals surface area contributed by atoms with Crippen LogP contribution in [-0.2, 0) is 6.42 Å². The summed E-state index contributed by atoms with van der Waals surface area (Å²) in [4.78, 5) is 2.36.